The van der Waals surface area contributed by atoms with Gasteiger partial charge in [0.05, 0.1) is 11.5 Å². The lowest BCUT2D eigenvalue weighted by molar-refractivity contribution is -0.385. The van der Waals surface area contributed by atoms with Crippen LogP contribution in [-0.4, -0.2) is 41.9 Å². The molecule has 0 aliphatic rings. The first-order chi connectivity index (χ1) is 9.74. The van der Waals surface area contributed by atoms with Gasteiger partial charge in [-0.15, -0.1) is 0 Å². The van der Waals surface area contributed by atoms with Crippen LogP contribution in [0.25, 0.3) is 0 Å². The standard InChI is InChI=1S/C11H11F3N2O5/c12-11(13,14)6-21-7-1-2-9(16(19)20)8(5-7)10(18)15-3-4-17/h1-2,5,17H,3-4,6H2,(H,15,18). The van der Waals surface area contributed by atoms with E-state index in [0.29, 0.717) is 0 Å². The molecule has 1 amide bonds. The molecule has 2 N–H and O–H groups in total. The van der Waals surface area contributed by atoms with Gasteiger partial charge in [0.1, 0.15) is 11.3 Å². The van der Waals surface area contributed by atoms with E-state index in [0.717, 1.165) is 18.2 Å². The molecule has 7 nitrogen and oxygen atoms in total. The summed E-state index contributed by atoms with van der Waals surface area (Å²) in [5.41, 5.74) is -1.03. The van der Waals surface area contributed by atoms with Crippen molar-refractivity contribution in [2.75, 3.05) is 19.8 Å². The van der Waals surface area contributed by atoms with Crippen molar-refractivity contribution in [2.24, 2.45) is 0 Å². The highest BCUT2D eigenvalue weighted by Gasteiger charge is 2.29. The largest absolute Gasteiger partial charge is 0.484 e. The van der Waals surface area contributed by atoms with Gasteiger partial charge in [-0.05, 0) is 12.1 Å². The highest BCUT2D eigenvalue weighted by molar-refractivity contribution is 5.98. The Hall–Kier alpha value is -2.36. The van der Waals surface area contributed by atoms with E-state index in [-0.39, 0.29) is 18.9 Å². The van der Waals surface area contributed by atoms with Crippen molar-refractivity contribution < 1.29 is 32.7 Å². The number of nitrogens with one attached hydrogen (secondary N) is 1. The number of benzene rings is 1. The number of aliphatic hydroxyl groups excluding tert-OH is 1. The van der Waals surface area contributed by atoms with Crippen LogP contribution in [0.1, 0.15) is 10.4 Å². The summed E-state index contributed by atoms with van der Waals surface area (Å²) in [7, 11) is 0. The number of nitrogens with zero attached hydrogens (tertiary/aromatic N) is 1. The van der Waals surface area contributed by atoms with Crippen LogP contribution < -0.4 is 10.1 Å². The molecule has 10 heteroatoms. The van der Waals surface area contributed by atoms with Gasteiger partial charge in [0, 0.05) is 12.6 Å². The van der Waals surface area contributed by atoms with Crippen LogP contribution in [0.15, 0.2) is 18.2 Å². The van der Waals surface area contributed by atoms with Gasteiger partial charge in [0.25, 0.3) is 11.6 Å². The Kier molecular flexibility index (Phi) is 5.47. The molecule has 1 aromatic carbocycles. The average Bonchev–Trinajstić information content (AvgIpc) is 2.41. The third kappa shape index (κ3) is 5.26. The van der Waals surface area contributed by atoms with Crippen molar-refractivity contribution in [1.82, 2.24) is 5.32 Å². The first kappa shape index (κ1) is 16.7. The van der Waals surface area contributed by atoms with Crippen LogP contribution in [-0.2, 0) is 0 Å². The molecule has 0 radical (unpaired) electrons. The normalized spacial score (nSPS) is 11.0. The molecule has 0 atom stereocenters. The van der Waals surface area contributed by atoms with E-state index >= 15 is 0 Å². The minimum absolute atomic E-state index is 0.149. The lowest BCUT2D eigenvalue weighted by Gasteiger charge is -2.10. The predicted molar refractivity (Wildman–Crippen MR) is 64.1 cm³/mol. The van der Waals surface area contributed by atoms with Gasteiger partial charge in [-0.2, -0.15) is 13.2 Å². The van der Waals surface area contributed by atoms with Gasteiger partial charge < -0.3 is 15.2 Å². The number of rotatable bonds is 6. The van der Waals surface area contributed by atoms with Crippen LogP contribution in [0.4, 0.5) is 18.9 Å². The number of halogens is 3. The average molecular weight is 308 g/mol. The Morgan fingerprint density at radius 3 is 2.62 bits per heavy atom. The number of nitro benzene ring substituents is 1. The lowest BCUT2D eigenvalue weighted by atomic mass is 10.1. The van der Waals surface area contributed by atoms with Crippen molar-refractivity contribution in [3.05, 3.63) is 33.9 Å². The summed E-state index contributed by atoms with van der Waals surface area (Å²) in [6.07, 6.45) is -4.57. The van der Waals surface area contributed by atoms with E-state index in [1.807, 2.05) is 0 Å². The summed E-state index contributed by atoms with van der Waals surface area (Å²) >= 11 is 0. The molecule has 0 unspecified atom stereocenters. The number of carbonyl (C=O) groups excluding carboxylic acids is 1. The van der Waals surface area contributed by atoms with Crippen molar-refractivity contribution in [2.45, 2.75) is 6.18 Å². The monoisotopic (exact) mass is 308 g/mol. The van der Waals surface area contributed by atoms with E-state index in [2.05, 4.69) is 10.1 Å². The molecule has 0 aromatic heterocycles. The third-order valence-corrected chi connectivity index (χ3v) is 2.21. The highest BCUT2D eigenvalue weighted by Crippen LogP contribution is 2.25. The topological polar surface area (TPSA) is 102 Å². The highest BCUT2D eigenvalue weighted by atomic mass is 19.4. The first-order valence-corrected chi connectivity index (χ1v) is 5.61. The number of nitro groups is 1. The second-order valence-corrected chi connectivity index (χ2v) is 3.82. The van der Waals surface area contributed by atoms with Crippen molar-refractivity contribution in [3.8, 4) is 5.75 Å². The molecule has 0 saturated carbocycles. The Morgan fingerprint density at radius 1 is 1.43 bits per heavy atom. The summed E-state index contributed by atoms with van der Waals surface area (Å²) < 4.78 is 40.5. The van der Waals surface area contributed by atoms with E-state index in [1.54, 1.807) is 0 Å². The molecule has 0 saturated heterocycles. The number of amides is 1. The summed E-state index contributed by atoms with van der Waals surface area (Å²) in [6, 6.07) is 2.68. The zero-order chi connectivity index (χ0) is 16.0. The Labute approximate surface area is 116 Å². The van der Waals surface area contributed by atoms with Gasteiger partial charge in [-0.25, -0.2) is 0 Å². The Morgan fingerprint density at radius 2 is 2.10 bits per heavy atom. The van der Waals surface area contributed by atoms with Gasteiger partial charge >= 0.3 is 6.18 Å². The number of alkyl halides is 3. The predicted octanol–water partition coefficient (Wildman–Crippen LogP) is 1.26. The minimum Gasteiger partial charge on any atom is -0.484 e. The third-order valence-electron chi connectivity index (χ3n) is 2.21. The van der Waals surface area contributed by atoms with Gasteiger partial charge in [-0.1, -0.05) is 0 Å². The zero-order valence-electron chi connectivity index (χ0n) is 10.5. The molecule has 0 aliphatic heterocycles. The maximum absolute atomic E-state index is 12.0. The molecule has 0 bridgehead atoms. The van der Waals surface area contributed by atoms with E-state index < -0.39 is 34.9 Å². The molecule has 1 rings (SSSR count). The number of carbonyl (C=O) groups is 1. The van der Waals surface area contributed by atoms with Crippen molar-refractivity contribution in [1.29, 1.82) is 0 Å². The van der Waals surface area contributed by atoms with E-state index in [1.165, 1.54) is 0 Å². The Bertz CT molecular complexity index is 533. The molecular weight excluding hydrogens is 297 g/mol. The van der Waals surface area contributed by atoms with E-state index in [9.17, 15) is 28.1 Å². The van der Waals surface area contributed by atoms with Crippen molar-refractivity contribution >= 4 is 11.6 Å². The van der Waals surface area contributed by atoms with Crippen LogP contribution in [0, 0.1) is 10.1 Å². The second kappa shape index (κ2) is 6.88. The van der Waals surface area contributed by atoms with Gasteiger partial charge in [-0.3, -0.25) is 14.9 Å². The fraction of sp³-hybridized carbons (Fsp3) is 0.364. The SMILES string of the molecule is O=C(NCCO)c1cc(OCC(F)(F)F)ccc1[N+](=O)[O-]. The van der Waals surface area contributed by atoms with Crippen LogP contribution in [0.5, 0.6) is 5.75 Å². The number of ether oxygens (including phenoxy) is 1. The van der Waals surface area contributed by atoms with Gasteiger partial charge in [0.2, 0.25) is 0 Å². The van der Waals surface area contributed by atoms with Crippen LogP contribution in [0.2, 0.25) is 0 Å². The lowest BCUT2D eigenvalue weighted by Crippen LogP contribution is -2.27. The quantitative estimate of drug-likeness (QED) is 0.608. The fourth-order valence-electron chi connectivity index (χ4n) is 1.38. The Balaban J connectivity index is 3.00. The zero-order valence-corrected chi connectivity index (χ0v) is 10.5. The molecule has 0 heterocycles. The number of aliphatic hydroxyl groups is 1. The second-order valence-electron chi connectivity index (χ2n) is 3.82. The van der Waals surface area contributed by atoms with Crippen LogP contribution in [0.3, 0.4) is 0 Å². The van der Waals surface area contributed by atoms with Gasteiger partial charge in [0.15, 0.2) is 6.61 Å². The molecule has 21 heavy (non-hydrogen) atoms. The summed E-state index contributed by atoms with van der Waals surface area (Å²) in [5.74, 6) is -1.22. The number of hydrogen-bond donors (Lipinski definition) is 2. The molecule has 116 valence electrons. The maximum atomic E-state index is 12.0. The summed E-state index contributed by atoms with van der Waals surface area (Å²) in [4.78, 5) is 21.6. The molecule has 0 aliphatic carbocycles. The molecule has 0 fully saturated rings. The molecular formula is C11H11F3N2O5. The maximum Gasteiger partial charge on any atom is 0.422 e. The van der Waals surface area contributed by atoms with E-state index in [4.69, 9.17) is 5.11 Å². The van der Waals surface area contributed by atoms with Crippen LogP contribution >= 0.6 is 0 Å². The smallest absolute Gasteiger partial charge is 0.422 e. The summed E-state index contributed by atoms with van der Waals surface area (Å²) in [5, 5.41) is 21.5. The minimum atomic E-state index is -4.57. The summed E-state index contributed by atoms with van der Waals surface area (Å²) in [6.45, 7) is -2.12. The first-order valence-electron chi connectivity index (χ1n) is 5.61. The fourth-order valence-corrected chi connectivity index (χ4v) is 1.38. The molecule has 0 spiro atoms. The van der Waals surface area contributed by atoms with Crippen molar-refractivity contribution in [3.63, 3.8) is 0 Å². The molecule has 1 aromatic rings. The number of hydrogen-bond acceptors (Lipinski definition) is 5.